The van der Waals surface area contributed by atoms with Crippen molar-refractivity contribution in [3.8, 4) is 0 Å². The second-order valence-corrected chi connectivity index (χ2v) is 17.0. The van der Waals surface area contributed by atoms with Gasteiger partial charge in [-0.15, -0.1) is 0 Å². The number of rotatable bonds is 28. The predicted molar refractivity (Wildman–Crippen MR) is 250 cm³/mol. The van der Waals surface area contributed by atoms with Crippen molar-refractivity contribution in [1.29, 1.82) is 0 Å². The molecule has 71 heavy (non-hydrogen) atoms. The molecule has 0 amide bonds. The number of carboxylic acid groups (broad SMARTS) is 8. The summed E-state index contributed by atoms with van der Waals surface area (Å²) in [6.45, 7) is 3.94. The lowest BCUT2D eigenvalue weighted by atomic mass is 9.68. The number of ether oxygens (including phenoxy) is 1. The molecular formula is C52H54O19. The van der Waals surface area contributed by atoms with Crippen LogP contribution in [0.5, 0.6) is 0 Å². The minimum atomic E-state index is -2.49. The Kier molecular flexibility index (Phi) is 19.0. The predicted octanol–water partition coefficient (Wildman–Crippen LogP) is 9.12. The molecule has 0 saturated carbocycles. The molecule has 8 N–H and O–H groups in total. The first-order chi connectivity index (χ1) is 33.6. The van der Waals surface area contributed by atoms with E-state index in [2.05, 4.69) is 0 Å². The van der Waals surface area contributed by atoms with Crippen LogP contribution in [0.1, 0.15) is 209 Å². The second kappa shape index (κ2) is 24.4. The second-order valence-electron chi connectivity index (χ2n) is 17.0. The maximum Gasteiger partial charge on any atom is 0.336 e. The van der Waals surface area contributed by atoms with Gasteiger partial charge in [-0.05, 0) is 83.6 Å². The fourth-order valence-corrected chi connectivity index (χ4v) is 8.88. The molecule has 4 rings (SSSR count). The van der Waals surface area contributed by atoms with Crippen LogP contribution in [0.2, 0.25) is 0 Å². The molecule has 19 heteroatoms. The highest BCUT2D eigenvalue weighted by atomic mass is 16.6. The Bertz CT molecular complexity index is 2410. The molecule has 4 aromatic rings. The standard InChI is InChI=1S/C52H54O19/c1-3-5-7-9-11-13-23-51(29-15-19-33(41(53)54)37(25-29)45(61)62,30-16-20-34(42(55)56)38(26-30)46(63)64)49(69)71-50(70)52(24-14-12-10-8-6-4-2,31-17-21-35(43(57)58)39(27-31)47(65)66)32-18-22-36(44(59)60)40(28-32)48(67)68/h15-22,25-28H,3-14,23-24H2,1-2H3,(H,53,54)(H,55,56)(H,57,58)(H,59,60)(H,61,62)(H,63,64)(H,65,66)(H,67,68). The van der Waals surface area contributed by atoms with E-state index < -0.39 is 128 Å². The first-order valence-electron chi connectivity index (χ1n) is 22.8. The molecule has 0 aliphatic heterocycles. The summed E-state index contributed by atoms with van der Waals surface area (Å²) in [5.74, 6) is -16.9. The molecule has 0 fully saturated rings. The molecule has 376 valence electrons. The number of esters is 2. The number of benzene rings is 4. The fourth-order valence-electron chi connectivity index (χ4n) is 8.88. The fraction of sp³-hybridized carbons (Fsp3) is 0.346. The zero-order chi connectivity index (χ0) is 52.8. The molecule has 0 atom stereocenters. The van der Waals surface area contributed by atoms with Crippen molar-refractivity contribution in [3.05, 3.63) is 140 Å². The van der Waals surface area contributed by atoms with Gasteiger partial charge in [0.2, 0.25) is 0 Å². The number of unbranched alkanes of at least 4 members (excludes halogenated alkanes) is 10. The van der Waals surface area contributed by atoms with Crippen molar-refractivity contribution in [3.63, 3.8) is 0 Å². The van der Waals surface area contributed by atoms with E-state index >= 15 is 9.59 Å². The van der Waals surface area contributed by atoms with Gasteiger partial charge in [-0.2, -0.15) is 0 Å². The first-order valence-corrected chi connectivity index (χ1v) is 22.8. The Hall–Kier alpha value is -8.22. The number of hydrogen-bond donors (Lipinski definition) is 8. The van der Waals surface area contributed by atoms with E-state index in [1.54, 1.807) is 0 Å². The van der Waals surface area contributed by atoms with E-state index in [1.165, 1.54) is 0 Å². The van der Waals surface area contributed by atoms with Crippen molar-refractivity contribution in [2.75, 3.05) is 0 Å². The molecule has 19 nitrogen and oxygen atoms in total. The number of aromatic carboxylic acids is 8. The van der Waals surface area contributed by atoms with Gasteiger partial charge in [-0.3, -0.25) is 9.59 Å². The zero-order valence-corrected chi connectivity index (χ0v) is 38.9. The molecule has 0 aliphatic rings. The summed E-state index contributed by atoms with van der Waals surface area (Å²) >= 11 is 0. The van der Waals surface area contributed by atoms with Gasteiger partial charge < -0.3 is 45.6 Å². The van der Waals surface area contributed by atoms with Gasteiger partial charge in [-0.1, -0.05) is 115 Å². The number of carbonyl (C=O) groups excluding carboxylic acids is 2. The first kappa shape index (κ1) is 55.4. The van der Waals surface area contributed by atoms with Gasteiger partial charge in [0.05, 0.1) is 44.5 Å². The number of hydrogen-bond acceptors (Lipinski definition) is 11. The maximum atomic E-state index is 15.7. The van der Waals surface area contributed by atoms with Gasteiger partial charge >= 0.3 is 59.7 Å². The molecule has 0 unspecified atom stereocenters. The van der Waals surface area contributed by atoms with E-state index in [9.17, 15) is 79.2 Å². The molecule has 4 aromatic carbocycles. The van der Waals surface area contributed by atoms with Crippen molar-refractivity contribution in [2.45, 2.75) is 115 Å². The number of carboxylic acids is 8. The lowest BCUT2D eigenvalue weighted by molar-refractivity contribution is -0.166. The highest BCUT2D eigenvalue weighted by Crippen LogP contribution is 2.45. The summed E-state index contributed by atoms with van der Waals surface area (Å²) in [7, 11) is 0. The van der Waals surface area contributed by atoms with Gasteiger partial charge in [0.15, 0.2) is 0 Å². The van der Waals surface area contributed by atoms with E-state index in [0.717, 1.165) is 111 Å². The van der Waals surface area contributed by atoms with Crippen LogP contribution in [0.25, 0.3) is 0 Å². The van der Waals surface area contributed by atoms with Crippen LogP contribution in [0.15, 0.2) is 72.8 Å². The van der Waals surface area contributed by atoms with Gasteiger partial charge in [0.1, 0.15) is 10.8 Å². The molecule has 0 radical (unpaired) electrons. The minimum absolute atomic E-state index is 0.0688. The quantitative estimate of drug-likeness (QED) is 0.0149. The third-order valence-corrected chi connectivity index (χ3v) is 12.6. The summed E-state index contributed by atoms with van der Waals surface area (Å²) in [5, 5.41) is 80.9. The molecule has 0 aliphatic carbocycles. The lowest BCUT2D eigenvalue weighted by Crippen LogP contribution is -2.46. The SMILES string of the molecule is CCCCCCCCC(C(=O)OC(=O)C(CCCCCCCC)(c1ccc(C(=O)O)c(C(=O)O)c1)c1ccc(C(=O)O)c(C(=O)O)c1)(c1ccc(C(=O)O)c(C(=O)O)c1)c1ccc(C(=O)O)c(C(=O)O)c1. The highest BCUT2D eigenvalue weighted by molar-refractivity contribution is 6.07. The summed E-state index contributed by atoms with van der Waals surface area (Å²) in [5.41, 5.74) is -12.7. The van der Waals surface area contributed by atoms with E-state index in [-0.39, 0.29) is 35.1 Å². The largest absolute Gasteiger partial charge is 0.478 e. The normalized spacial score (nSPS) is 11.4. The monoisotopic (exact) mass is 982 g/mol. The van der Waals surface area contributed by atoms with Crippen molar-refractivity contribution >= 4 is 59.7 Å². The highest BCUT2D eigenvalue weighted by Gasteiger charge is 2.51. The van der Waals surface area contributed by atoms with Gasteiger partial charge in [-0.25, -0.2) is 38.4 Å². The van der Waals surface area contributed by atoms with Gasteiger partial charge in [0.25, 0.3) is 0 Å². The van der Waals surface area contributed by atoms with Crippen LogP contribution in [-0.4, -0.2) is 101 Å². The molecule has 0 aromatic heterocycles. The summed E-state index contributed by atoms with van der Waals surface area (Å²) in [6, 6.07) is 11.0. The van der Waals surface area contributed by atoms with Crippen LogP contribution in [0.3, 0.4) is 0 Å². The average Bonchev–Trinajstić information content (AvgIpc) is 3.32. The maximum absolute atomic E-state index is 15.7. The third kappa shape index (κ3) is 12.3. The number of carbonyl (C=O) groups is 10. The summed E-state index contributed by atoms with van der Waals surface area (Å²) in [6.07, 6.45) is 6.06. The van der Waals surface area contributed by atoms with Gasteiger partial charge in [0, 0.05) is 0 Å². The Morgan fingerprint density at radius 1 is 0.324 bits per heavy atom. The van der Waals surface area contributed by atoms with E-state index in [4.69, 9.17) is 4.74 Å². The van der Waals surface area contributed by atoms with Crippen LogP contribution >= 0.6 is 0 Å². The molecule has 0 saturated heterocycles. The van der Waals surface area contributed by atoms with Crippen molar-refractivity contribution < 1.29 is 93.5 Å². The molecule has 0 bridgehead atoms. The van der Waals surface area contributed by atoms with E-state index in [1.807, 2.05) is 13.8 Å². The minimum Gasteiger partial charge on any atom is -0.478 e. The Balaban J connectivity index is 2.21. The van der Waals surface area contributed by atoms with Crippen LogP contribution in [-0.2, 0) is 25.2 Å². The van der Waals surface area contributed by atoms with E-state index in [0.29, 0.717) is 25.7 Å². The topological polar surface area (TPSA) is 342 Å². The molecule has 0 spiro atoms. The Morgan fingerprint density at radius 2 is 0.535 bits per heavy atom. The lowest BCUT2D eigenvalue weighted by Gasteiger charge is -2.37. The van der Waals surface area contributed by atoms with Crippen LogP contribution < -0.4 is 0 Å². The van der Waals surface area contributed by atoms with Crippen LogP contribution in [0, 0.1) is 0 Å². The average molecular weight is 983 g/mol. The summed E-state index contributed by atoms with van der Waals surface area (Å²) in [4.78, 5) is 131. The molecule has 0 heterocycles. The zero-order valence-electron chi connectivity index (χ0n) is 38.9. The van der Waals surface area contributed by atoms with Crippen molar-refractivity contribution in [2.24, 2.45) is 0 Å². The van der Waals surface area contributed by atoms with Crippen molar-refractivity contribution in [1.82, 2.24) is 0 Å². The Labute approximate surface area is 406 Å². The summed E-state index contributed by atoms with van der Waals surface area (Å²) < 4.78 is 5.97. The Morgan fingerprint density at radius 3 is 0.746 bits per heavy atom. The molecular weight excluding hydrogens is 929 g/mol. The smallest absolute Gasteiger partial charge is 0.336 e. The van der Waals surface area contributed by atoms with Crippen LogP contribution in [0.4, 0.5) is 0 Å². The third-order valence-electron chi connectivity index (χ3n) is 12.6.